The molecule has 0 aromatic heterocycles. The average Bonchev–Trinajstić information content (AvgIpc) is 2.38. The lowest BCUT2D eigenvalue weighted by Gasteiger charge is -2.04. The van der Waals surface area contributed by atoms with Crippen molar-refractivity contribution in [2.24, 2.45) is 0 Å². The predicted octanol–water partition coefficient (Wildman–Crippen LogP) is 5.05. The summed E-state index contributed by atoms with van der Waals surface area (Å²) in [5.41, 5.74) is 1.37. The molecule has 0 atom stereocenters. The van der Waals surface area contributed by atoms with Gasteiger partial charge in [-0.25, -0.2) is 8.78 Å². The zero-order valence-electron chi connectivity index (χ0n) is 9.61. The Morgan fingerprint density at radius 3 is 1.44 bits per heavy atom. The SMILES string of the molecule is Fc1ccccc1CSSCc1ccccc1F. The Hall–Kier alpha value is -1.00. The largest absolute Gasteiger partial charge is 0.207 e. The van der Waals surface area contributed by atoms with E-state index in [1.165, 1.54) is 33.7 Å². The molecule has 4 heteroatoms. The second-order valence-electron chi connectivity index (χ2n) is 3.71. The van der Waals surface area contributed by atoms with Crippen molar-refractivity contribution >= 4 is 21.6 Å². The molecule has 0 fully saturated rings. The molecule has 0 amide bonds. The van der Waals surface area contributed by atoms with Crippen molar-refractivity contribution in [2.45, 2.75) is 11.5 Å². The molecular formula is C14H12F2S2. The lowest BCUT2D eigenvalue weighted by molar-refractivity contribution is 0.617. The summed E-state index contributed by atoms with van der Waals surface area (Å²) in [6.45, 7) is 0. The monoisotopic (exact) mass is 282 g/mol. The minimum Gasteiger partial charge on any atom is -0.207 e. The van der Waals surface area contributed by atoms with Crippen LogP contribution in [0.2, 0.25) is 0 Å². The maximum absolute atomic E-state index is 13.3. The van der Waals surface area contributed by atoms with Gasteiger partial charge in [0.25, 0.3) is 0 Å². The van der Waals surface area contributed by atoms with Crippen molar-refractivity contribution in [3.8, 4) is 0 Å². The lowest BCUT2D eigenvalue weighted by Crippen LogP contribution is -1.86. The molecule has 0 aliphatic heterocycles. The second-order valence-corrected chi connectivity index (χ2v) is 6.17. The zero-order valence-corrected chi connectivity index (χ0v) is 11.2. The van der Waals surface area contributed by atoms with Gasteiger partial charge >= 0.3 is 0 Å². The quantitative estimate of drug-likeness (QED) is 0.556. The first-order valence-corrected chi connectivity index (χ1v) is 7.97. The normalized spacial score (nSPS) is 10.6. The number of halogens is 2. The molecule has 0 saturated heterocycles. The van der Waals surface area contributed by atoms with Crippen molar-refractivity contribution < 1.29 is 8.78 Å². The predicted molar refractivity (Wildman–Crippen MR) is 75.4 cm³/mol. The van der Waals surface area contributed by atoms with E-state index in [1.807, 2.05) is 12.1 Å². The Kier molecular flexibility index (Phi) is 5.08. The van der Waals surface area contributed by atoms with Gasteiger partial charge in [-0.1, -0.05) is 58.0 Å². The molecule has 2 aromatic rings. The van der Waals surface area contributed by atoms with Crippen molar-refractivity contribution in [3.63, 3.8) is 0 Å². The van der Waals surface area contributed by atoms with E-state index in [4.69, 9.17) is 0 Å². The summed E-state index contributed by atoms with van der Waals surface area (Å²) in [6, 6.07) is 13.4. The van der Waals surface area contributed by atoms with Gasteiger partial charge in [0, 0.05) is 11.5 Å². The molecule has 2 rings (SSSR count). The van der Waals surface area contributed by atoms with E-state index in [1.54, 1.807) is 24.3 Å². The summed E-state index contributed by atoms with van der Waals surface area (Å²) in [5.74, 6) is 0.811. The molecule has 2 aromatic carbocycles. The molecule has 0 radical (unpaired) electrons. The molecule has 0 unspecified atom stereocenters. The Morgan fingerprint density at radius 2 is 1.06 bits per heavy atom. The van der Waals surface area contributed by atoms with E-state index in [2.05, 4.69) is 0 Å². The molecule has 0 aliphatic carbocycles. The Bertz CT molecular complexity index is 467. The Morgan fingerprint density at radius 1 is 0.667 bits per heavy atom. The van der Waals surface area contributed by atoms with Gasteiger partial charge in [-0.3, -0.25) is 0 Å². The molecule has 0 N–H and O–H groups in total. The van der Waals surface area contributed by atoms with E-state index < -0.39 is 0 Å². The molecule has 0 nitrogen and oxygen atoms in total. The van der Waals surface area contributed by atoms with Crippen LogP contribution in [-0.2, 0) is 11.5 Å². The number of rotatable bonds is 5. The highest BCUT2D eigenvalue weighted by Crippen LogP contribution is 2.30. The van der Waals surface area contributed by atoms with Crippen LogP contribution >= 0.6 is 21.6 Å². The van der Waals surface area contributed by atoms with E-state index >= 15 is 0 Å². The van der Waals surface area contributed by atoms with Crippen LogP contribution in [0.15, 0.2) is 48.5 Å². The lowest BCUT2D eigenvalue weighted by atomic mass is 10.2. The van der Waals surface area contributed by atoms with Gasteiger partial charge < -0.3 is 0 Å². The fourth-order valence-electron chi connectivity index (χ4n) is 1.44. The summed E-state index contributed by atoms with van der Waals surface area (Å²) in [4.78, 5) is 0. The highest BCUT2D eigenvalue weighted by molar-refractivity contribution is 8.76. The Labute approximate surface area is 113 Å². The van der Waals surface area contributed by atoms with Crippen molar-refractivity contribution in [3.05, 3.63) is 71.3 Å². The van der Waals surface area contributed by atoms with Gasteiger partial charge in [-0.2, -0.15) is 0 Å². The summed E-state index contributed by atoms with van der Waals surface area (Å²) < 4.78 is 26.6. The van der Waals surface area contributed by atoms with Crippen LogP contribution < -0.4 is 0 Å². The molecule has 94 valence electrons. The minimum absolute atomic E-state index is 0.184. The van der Waals surface area contributed by atoms with E-state index in [-0.39, 0.29) is 11.6 Å². The van der Waals surface area contributed by atoms with E-state index in [0.717, 1.165) is 0 Å². The molecule has 0 saturated carbocycles. The average molecular weight is 282 g/mol. The van der Waals surface area contributed by atoms with Crippen LogP contribution in [0.25, 0.3) is 0 Å². The van der Waals surface area contributed by atoms with Crippen LogP contribution in [0, 0.1) is 11.6 Å². The second kappa shape index (κ2) is 6.81. The molecule has 0 bridgehead atoms. The first-order chi connectivity index (χ1) is 8.77. The van der Waals surface area contributed by atoms with Gasteiger partial charge in [-0.05, 0) is 23.3 Å². The first-order valence-electron chi connectivity index (χ1n) is 5.48. The van der Waals surface area contributed by atoms with Gasteiger partial charge in [0.2, 0.25) is 0 Å². The first kappa shape index (κ1) is 13.4. The van der Waals surface area contributed by atoms with Crippen LogP contribution in [0.3, 0.4) is 0 Å². The van der Waals surface area contributed by atoms with E-state index in [9.17, 15) is 8.78 Å². The fourth-order valence-corrected chi connectivity index (χ4v) is 3.59. The summed E-state index contributed by atoms with van der Waals surface area (Å²) in [5, 5.41) is 0. The maximum Gasteiger partial charge on any atom is 0.127 e. The molecular weight excluding hydrogens is 270 g/mol. The number of hydrogen-bond donors (Lipinski definition) is 0. The Balaban J connectivity index is 1.80. The molecule has 18 heavy (non-hydrogen) atoms. The summed E-state index contributed by atoms with van der Waals surface area (Å²) in [7, 11) is 3.07. The van der Waals surface area contributed by atoms with Gasteiger partial charge in [0.05, 0.1) is 0 Å². The molecule has 0 aliphatic rings. The van der Waals surface area contributed by atoms with Crippen LogP contribution in [0.4, 0.5) is 8.78 Å². The van der Waals surface area contributed by atoms with Crippen molar-refractivity contribution in [1.29, 1.82) is 0 Å². The van der Waals surface area contributed by atoms with Gasteiger partial charge in [0.15, 0.2) is 0 Å². The number of hydrogen-bond acceptors (Lipinski definition) is 2. The van der Waals surface area contributed by atoms with Crippen LogP contribution in [0.5, 0.6) is 0 Å². The minimum atomic E-state index is -0.184. The van der Waals surface area contributed by atoms with E-state index in [0.29, 0.717) is 22.6 Å². The number of benzene rings is 2. The summed E-state index contributed by atoms with van der Waals surface area (Å²) >= 11 is 0. The van der Waals surface area contributed by atoms with Crippen LogP contribution in [0.1, 0.15) is 11.1 Å². The van der Waals surface area contributed by atoms with Crippen LogP contribution in [-0.4, -0.2) is 0 Å². The third-order valence-electron chi connectivity index (χ3n) is 2.43. The summed E-state index contributed by atoms with van der Waals surface area (Å²) in [6.07, 6.45) is 0. The van der Waals surface area contributed by atoms with Crippen molar-refractivity contribution in [1.82, 2.24) is 0 Å². The van der Waals surface area contributed by atoms with Gasteiger partial charge in [0.1, 0.15) is 11.6 Å². The topological polar surface area (TPSA) is 0 Å². The zero-order chi connectivity index (χ0) is 12.8. The highest BCUT2D eigenvalue weighted by atomic mass is 33.1. The van der Waals surface area contributed by atoms with Gasteiger partial charge in [-0.15, -0.1) is 0 Å². The maximum atomic E-state index is 13.3. The van der Waals surface area contributed by atoms with Crippen molar-refractivity contribution in [2.75, 3.05) is 0 Å². The standard InChI is InChI=1S/C14H12F2S2/c15-13-7-3-1-5-11(13)9-17-18-10-12-6-2-4-8-14(12)16/h1-8H,9-10H2. The fraction of sp³-hybridized carbons (Fsp3) is 0.143. The molecule has 0 heterocycles. The third kappa shape index (κ3) is 3.75. The third-order valence-corrected chi connectivity index (χ3v) is 4.66. The molecule has 0 spiro atoms. The highest BCUT2D eigenvalue weighted by Gasteiger charge is 2.03. The smallest absolute Gasteiger partial charge is 0.127 e.